The highest BCUT2D eigenvalue weighted by Gasteiger charge is 2.27. The first kappa shape index (κ1) is 28.9. The van der Waals surface area contributed by atoms with Crippen molar-refractivity contribution in [2.45, 2.75) is 83.6 Å². The van der Waals surface area contributed by atoms with Crippen molar-refractivity contribution in [2.24, 2.45) is 5.73 Å². The number of hydrogen-bond acceptors (Lipinski definition) is 10. The van der Waals surface area contributed by atoms with Crippen molar-refractivity contribution in [3.63, 3.8) is 0 Å². The number of hydrogen-bond donors (Lipinski definition) is 4. The molecule has 0 spiro atoms. The summed E-state index contributed by atoms with van der Waals surface area (Å²) < 4.78 is 31.5. The number of aliphatic hydroxyl groups excluding tert-OH is 1. The van der Waals surface area contributed by atoms with Gasteiger partial charge in [-0.3, -0.25) is 18.6 Å². The fraction of sp³-hybridized carbons (Fsp3) is 0.889. The molecule has 0 saturated carbocycles. The molecule has 11 nitrogen and oxygen atoms in total. The molecule has 0 aliphatic rings. The van der Waals surface area contributed by atoms with Crippen LogP contribution in [0.3, 0.4) is 0 Å². The molecular weight excluding hydrogens is 421 g/mol. The number of phosphoric ester groups is 1. The van der Waals surface area contributed by atoms with Gasteiger partial charge in [0.15, 0.2) is 12.4 Å². The smallest absolute Gasteiger partial charge is 0.462 e. The minimum Gasteiger partial charge on any atom is -0.462 e. The van der Waals surface area contributed by atoms with Crippen LogP contribution in [0, 0.1) is 0 Å². The number of unbranched alkanes of at least 4 members (excludes halogenated alkanes) is 4. The molecule has 0 aromatic rings. The lowest BCUT2D eigenvalue weighted by Gasteiger charge is -2.21. The summed E-state index contributed by atoms with van der Waals surface area (Å²) in [5.74, 6) is -1.01. The predicted molar refractivity (Wildman–Crippen MR) is 107 cm³/mol. The van der Waals surface area contributed by atoms with E-state index in [1.807, 2.05) is 13.8 Å². The number of ether oxygens (including phenoxy) is 2. The Labute approximate surface area is 177 Å². The van der Waals surface area contributed by atoms with Gasteiger partial charge in [0.2, 0.25) is 0 Å². The Morgan fingerprint density at radius 3 is 1.97 bits per heavy atom. The molecule has 0 aliphatic heterocycles. The van der Waals surface area contributed by atoms with Crippen LogP contribution < -0.4 is 5.73 Å². The third kappa shape index (κ3) is 15.7. The van der Waals surface area contributed by atoms with Crippen LogP contribution >= 0.6 is 7.82 Å². The topological polar surface area (TPSA) is 175 Å². The van der Waals surface area contributed by atoms with Crippen molar-refractivity contribution in [1.29, 1.82) is 0 Å². The Kier molecular flexibility index (Phi) is 16.0. The molecule has 1 unspecified atom stereocenters. The molecule has 30 heavy (non-hydrogen) atoms. The molecule has 0 radical (unpaired) electrons. The van der Waals surface area contributed by atoms with Crippen molar-refractivity contribution in [3.8, 4) is 0 Å². The highest BCUT2D eigenvalue weighted by Crippen LogP contribution is 2.43. The Morgan fingerprint density at radius 2 is 1.43 bits per heavy atom. The van der Waals surface area contributed by atoms with E-state index in [0.29, 0.717) is 12.8 Å². The number of nitrogens with two attached hydrogens (primary N) is 1. The Balaban J connectivity index is 4.67. The molecule has 0 fully saturated rings. The highest BCUT2D eigenvalue weighted by atomic mass is 31.2. The van der Waals surface area contributed by atoms with E-state index in [2.05, 4.69) is 4.52 Å². The van der Waals surface area contributed by atoms with E-state index in [9.17, 15) is 19.0 Å². The van der Waals surface area contributed by atoms with Gasteiger partial charge in [-0.25, -0.2) is 4.57 Å². The monoisotopic (exact) mass is 457 g/mol. The number of rotatable bonds is 18. The largest absolute Gasteiger partial charge is 0.472 e. The van der Waals surface area contributed by atoms with Gasteiger partial charge < -0.3 is 30.3 Å². The number of carbonyl (C=O) groups is 2. The molecular formula is C18H36NO10P. The fourth-order valence-electron chi connectivity index (χ4n) is 2.14. The highest BCUT2D eigenvalue weighted by molar-refractivity contribution is 7.47. The van der Waals surface area contributed by atoms with Gasteiger partial charge in [-0.1, -0.05) is 39.5 Å². The van der Waals surface area contributed by atoms with Crippen LogP contribution in [0.25, 0.3) is 0 Å². The first-order valence-corrected chi connectivity index (χ1v) is 11.7. The van der Waals surface area contributed by atoms with Crippen LogP contribution in [0.2, 0.25) is 0 Å². The molecule has 0 amide bonds. The zero-order valence-corrected chi connectivity index (χ0v) is 18.6. The summed E-state index contributed by atoms with van der Waals surface area (Å²) in [6.45, 7) is 2.44. The van der Waals surface area contributed by atoms with Gasteiger partial charge in [0, 0.05) is 12.8 Å². The first-order valence-electron chi connectivity index (χ1n) is 10.2. The standard InChI is InChI=1S/C18H36NO10P/c1-3-5-7-9-16(20)26-11-14(29-17(21)10-8-6-4-2)12-27-30(24,25)28-13-15(19)18(22)23/h14-15,18,22-23H,3-13,19H2,1-2H3,(H,24,25)/t14-,15+/m1/s1. The Bertz CT molecular complexity index is 531. The zero-order valence-electron chi connectivity index (χ0n) is 17.7. The van der Waals surface area contributed by atoms with Crippen molar-refractivity contribution in [3.05, 3.63) is 0 Å². The second kappa shape index (κ2) is 16.6. The molecule has 12 heteroatoms. The summed E-state index contributed by atoms with van der Waals surface area (Å²) in [7, 11) is -4.61. The van der Waals surface area contributed by atoms with Crippen LogP contribution in [0.4, 0.5) is 0 Å². The summed E-state index contributed by atoms with van der Waals surface area (Å²) in [5.41, 5.74) is 5.29. The summed E-state index contributed by atoms with van der Waals surface area (Å²) in [4.78, 5) is 33.4. The Morgan fingerprint density at radius 1 is 0.900 bits per heavy atom. The second-order valence-electron chi connectivity index (χ2n) is 6.85. The predicted octanol–water partition coefficient (Wildman–Crippen LogP) is 1.37. The normalized spacial score (nSPS) is 15.4. The van der Waals surface area contributed by atoms with Gasteiger partial charge >= 0.3 is 19.8 Å². The maximum Gasteiger partial charge on any atom is 0.472 e. The lowest BCUT2D eigenvalue weighted by Crippen LogP contribution is -2.38. The first-order chi connectivity index (χ1) is 14.1. The third-order valence-corrected chi connectivity index (χ3v) is 4.88. The van der Waals surface area contributed by atoms with Crippen molar-refractivity contribution in [2.75, 3.05) is 19.8 Å². The quantitative estimate of drug-likeness (QED) is 0.101. The van der Waals surface area contributed by atoms with Gasteiger partial charge in [0.25, 0.3) is 0 Å². The SMILES string of the molecule is CCCCCC(=O)OC[C@H](COP(=O)(O)OC[C@H](N)C(O)O)OC(=O)CCCCC. The Hall–Kier alpha value is -1.07. The zero-order chi connectivity index (χ0) is 23.0. The van der Waals surface area contributed by atoms with Crippen LogP contribution in [-0.4, -0.2) is 65.3 Å². The maximum absolute atomic E-state index is 11.9. The van der Waals surface area contributed by atoms with Crippen LogP contribution in [-0.2, 0) is 32.7 Å². The van der Waals surface area contributed by atoms with Gasteiger partial charge in [-0.15, -0.1) is 0 Å². The summed E-state index contributed by atoms with van der Waals surface area (Å²) in [5, 5.41) is 17.7. The lowest BCUT2D eigenvalue weighted by atomic mass is 10.2. The number of carbonyl (C=O) groups excluding carboxylic acids is 2. The van der Waals surface area contributed by atoms with E-state index < -0.39 is 51.4 Å². The van der Waals surface area contributed by atoms with E-state index >= 15 is 0 Å². The third-order valence-electron chi connectivity index (χ3n) is 3.93. The van der Waals surface area contributed by atoms with Gasteiger partial charge in [0.05, 0.1) is 19.3 Å². The van der Waals surface area contributed by atoms with E-state index in [1.54, 1.807) is 0 Å². The molecule has 0 saturated heterocycles. The van der Waals surface area contributed by atoms with Crippen LogP contribution in [0.15, 0.2) is 0 Å². The molecule has 178 valence electrons. The summed E-state index contributed by atoms with van der Waals surface area (Å²) in [6, 6.07) is -1.31. The van der Waals surface area contributed by atoms with Crippen molar-refractivity contribution in [1.82, 2.24) is 0 Å². The molecule has 0 heterocycles. The average Bonchev–Trinajstić information content (AvgIpc) is 2.68. The van der Waals surface area contributed by atoms with E-state index in [0.717, 1.165) is 25.7 Å². The molecule has 0 aromatic heterocycles. The number of aliphatic hydroxyl groups is 2. The van der Waals surface area contributed by atoms with Gasteiger partial charge in [0.1, 0.15) is 6.61 Å². The van der Waals surface area contributed by atoms with E-state index in [4.69, 9.17) is 29.9 Å². The van der Waals surface area contributed by atoms with Crippen molar-refractivity contribution >= 4 is 19.8 Å². The van der Waals surface area contributed by atoms with E-state index in [1.165, 1.54) is 0 Å². The van der Waals surface area contributed by atoms with Gasteiger partial charge in [-0.2, -0.15) is 0 Å². The molecule has 0 aromatic carbocycles. The molecule has 0 rings (SSSR count). The number of esters is 2. The summed E-state index contributed by atoms with van der Waals surface area (Å²) in [6.07, 6.45) is 2.23. The van der Waals surface area contributed by atoms with Gasteiger partial charge in [-0.05, 0) is 12.8 Å². The maximum atomic E-state index is 11.9. The minimum absolute atomic E-state index is 0.158. The van der Waals surface area contributed by atoms with Crippen molar-refractivity contribution < 1.29 is 47.8 Å². The molecule has 0 aliphatic carbocycles. The molecule has 5 N–H and O–H groups in total. The lowest BCUT2D eigenvalue weighted by molar-refractivity contribution is -0.161. The average molecular weight is 457 g/mol. The fourth-order valence-corrected chi connectivity index (χ4v) is 2.93. The second-order valence-corrected chi connectivity index (χ2v) is 8.30. The van der Waals surface area contributed by atoms with E-state index in [-0.39, 0.29) is 19.4 Å². The molecule has 0 bridgehead atoms. The van der Waals surface area contributed by atoms with Crippen LogP contribution in [0.5, 0.6) is 0 Å². The molecule has 3 atom stereocenters. The van der Waals surface area contributed by atoms with Crippen LogP contribution in [0.1, 0.15) is 65.2 Å². The summed E-state index contributed by atoms with van der Waals surface area (Å²) >= 11 is 0. The minimum atomic E-state index is -4.61. The number of phosphoric acid groups is 1.